The van der Waals surface area contributed by atoms with Crippen molar-refractivity contribution >= 4 is 5.97 Å². The number of hydrogen-bond donors (Lipinski definition) is 0. The molecule has 0 atom stereocenters. The molecule has 0 saturated carbocycles. The second-order valence-electron chi connectivity index (χ2n) is 4.00. The fraction of sp³-hybridized carbons (Fsp3) is 0.133. The third-order valence-corrected chi connectivity index (χ3v) is 2.67. The molecule has 0 aliphatic rings. The van der Waals surface area contributed by atoms with Crippen LogP contribution in [0, 0.1) is 5.82 Å². The van der Waals surface area contributed by atoms with E-state index in [1.165, 1.54) is 19.2 Å². The molecule has 0 saturated heterocycles. The zero-order valence-corrected chi connectivity index (χ0v) is 10.0. The molecule has 3 heteroatoms. The van der Waals surface area contributed by atoms with Crippen molar-refractivity contribution in [3.05, 3.63) is 71.0 Å². The number of carbonyl (C=O) groups is 1. The third-order valence-electron chi connectivity index (χ3n) is 2.67. The van der Waals surface area contributed by atoms with Crippen LogP contribution in [-0.2, 0) is 11.2 Å². The van der Waals surface area contributed by atoms with Gasteiger partial charge in [-0.25, -0.2) is 9.18 Å². The Morgan fingerprint density at radius 3 is 2.50 bits per heavy atom. The lowest BCUT2D eigenvalue weighted by atomic mass is 10.0. The fourth-order valence-electron chi connectivity index (χ4n) is 1.76. The van der Waals surface area contributed by atoms with Gasteiger partial charge in [0.1, 0.15) is 5.82 Å². The molecule has 0 unspecified atom stereocenters. The van der Waals surface area contributed by atoms with Gasteiger partial charge in [-0.1, -0.05) is 24.3 Å². The summed E-state index contributed by atoms with van der Waals surface area (Å²) in [6, 6.07) is 13.6. The van der Waals surface area contributed by atoms with Gasteiger partial charge < -0.3 is 4.74 Å². The molecule has 0 radical (unpaired) electrons. The van der Waals surface area contributed by atoms with Crippen molar-refractivity contribution in [2.75, 3.05) is 7.11 Å². The maximum Gasteiger partial charge on any atom is 0.337 e. The molecule has 0 heterocycles. The quantitative estimate of drug-likeness (QED) is 0.775. The molecule has 0 aromatic heterocycles. The van der Waals surface area contributed by atoms with Crippen molar-refractivity contribution in [2.45, 2.75) is 6.42 Å². The van der Waals surface area contributed by atoms with Crippen LogP contribution in [0.1, 0.15) is 21.5 Å². The predicted octanol–water partition coefficient (Wildman–Crippen LogP) is 3.20. The van der Waals surface area contributed by atoms with Crippen LogP contribution in [0.2, 0.25) is 0 Å². The summed E-state index contributed by atoms with van der Waals surface area (Å²) in [7, 11) is 1.36. The molecule has 2 nitrogen and oxygen atoms in total. The maximum atomic E-state index is 12.8. The molecule has 0 fully saturated rings. The summed E-state index contributed by atoms with van der Waals surface area (Å²) < 4.78 is 17.4. The van der Waals surface area contributed by atoms with E-state index in [2.05, 4.69) is 4.74 Å². The van der Waals surface area contributed by atoms with E-state index in [-0.39, 0.29) is 11.8 Å². The number of carbonyl (C=O) groups excluding carboxylic acids is 1. The van der Waals surface area contributed by atoms with E-state index in [1.807, 2.05) is 12.1 Å². The number of rotatable bonds is 3. The van der Waals surface area contributed by atoms with Gasteiger partial charge in [0.2, 0.25) is 0 Å². The molecule has 92 valence electrons. The van der Waals surface area contributed by atoms with Crippen molar-refractivity contribution in [3.8, 4) is 0 Å². The van der Waals surface area contributed by atoms with Gasteiger partial charge in [-0.05, 0) is 41.8 Å². The molecule has 18 heavy (non-hydrogen) atoms. The lowest BCUT2D eigenvalue weighted by Gasteiger charge is -2.04. The molecule has 2 aromatic rings. The van der Waals surface area contributed by atoms with Gasteiger partial charge in [-0.3, -0.25) is 0 Å². The Morgan fingerprint density at radius 1 is 1.11 bits per heavy atom. The van der Waals surface area contributed by atoms with E-state index < -0.39 is 0 Å². The van der Waals surface area contributed by atoms with Crippen molar-refractivity contribution in [1.29, 1.82) is 0 Å². The summed E-state index contributed by atoms with van der Waals surface area (Å²) >= 11 is 0. The standard InChI is InChI=1S/C15H13FO2/c1-18-15(17)13-4-2-3-12(10-13)9-11-5-7-14(16)8-6-11/h2-8,10H,9H2,1H3. The van der Waals surface area contributed by atoms with E-state index in [9.17, 15) is 9.18 Å². The van der Waals surface area contributed by atoms with Crippen molar-refractivity contribution in [2.24, 2.45) is 0 Å². The van der Waals surface area contributed by atoms with Crippen LogP contribution in [-0.4, -0.2) is 13.1 Å². The molecule has 2 rings (SSSR count). The Morgan fingerprint density at radius 2 is 1.83 bits per heavy atom. The van der Waals surface area contributed by atoms with Crippen LogP contribution in [0.4, 0.5) is 4.39 Å². The van der Waals surface area contributed by atoms with Gasteiger partial charge in [-0.15, -0.1) is 0 Å². The average Bonchev–Trinajstić information content (AvgIpc) is 2.41. The zero-order chi connectivity index (χ0) is 13.0. The molecule has 0 aliphatic carbocycles. The number of hydrogen-bond acceptors (Lipinski definition) is 2. The average molecular weight is 244 g/mol. The first kappa shape index (κ1) is 12.3. The lowest BCUT2D eigenvalue weighted by Crippen LogP contribution is -2.01. The third kappa shape index (κ3) is 2.94. The minimum Gasteiger partial charge on any atom is -0.465 e. The van der Waals surface area contributed by atoms with Gasteiger partial charge in [-0.2, -0.15) is 0 Å². The zero-order valence-electron chi connectivity index (χ0n) is 10.0. The first-order valence-electron chi connectivity index (χ1n) is 5.61. The molecule has 0 bridgehead atoms. The number of ether oxygens (including phenoxy) is 1. The number of benzene rings is 2. The minimum atomic E-state index is -0.351. The minimum absolute atomic E-state index is 0.248. The van der Waals surface area contributed by atoms with Crippen LogP contribution in [0.3, 0.4) is 0 Å². The Balaban J connectivity index is 2.19. The van der Waals surface area contributed by atoms with Crippen LogP contribution >= 0.6 is 0 Å². The molecular formula is C15H13FO2. The van der Waals surface area contributed by atoms with Crippen LogP contribution in [0.15, 0.2) is 48.5 Å². The monoisotopic (exact) mass is 244 g/mol. The van der Waals surface area contributed by atoms with Crippen LogP contribution in [0.25, 0.3) is 0 Å². The molecule has 2 aromatic carbocycles. The topological polar surface area (TPSA) is 26.3 Å². The molecule has 0 N–H and O–H groups in total. The maximum absolute atomic E-state index is 12.8. The summed E-state index contributed by atoms with van der Waals surface area (Å²) in [4.78, 5) is 11.4. The van der Waals surface area contributed by atoms with Gasteiger partial charge >= 0.3 is 5.97 Å². The first-order chi connectivity index (χ1) is 8.69. The van der Waals surface area contributed by atoms with Crippen molar-refractivity contribution in [3.63, 3.8) is 0 Å². The van der Waals surface area contributed by atoms with Crippen molar-refractivity contribution in [1.82, 2.24) is 0 Å². The highest BCUT2D eigenvalue weighted by atomic mass is 19.1. The SMILES string of the molecule is COC(=O)c1cccc(Cc2ccc(F)cc2)c1. The number of esters is 1. The second-order valence-corrected chi connectivity index (χ2v) is 4.00. The Bertz CT molecular complexity index is 547. The first-order valence-corrected chi connectivity index (χ1v) is 5.61. The second kappa shape index (κ2) is 5.45. The van der Waals surface area contributed by atoms with Gasteiger partial charge in [0.05, 0.1) is 12.7 Å². The number of halogens is 1. The largest absolute Gasteiger partial charge is 0.465 e. The van der Waals surface area contributed by atoms with E-state index in [0.717, 1.165) is 11.1 Å². The summed E-state index contributed by atoms with van der Waals surface area (Å²) in [5.74, 6) is -0.599. The summed E-state index contributed by atoms with van der Waals surface area (Å²) in [5, 5.41) is 0. The normalized spacial score (nSPS) is 10.1. The summed E-state index contributed by atoms with van der Waals surface area (Å²) in [5.41, 5.74) is 2.51. The van der Waals surface area contributed by atoms with Gasteiger partial charge in [0, 0.05) is 0 Å². The Kier molecular flexibility index (Phi) is 3.72. The molecule has 0 aliphatic heterocycles. The predicted molar refractivity (Wildman–Crippen MR) is 67.0 cm³/mol. The van der Waals surface area contributed by atoms with Gasteiger partial charge in [0.15, 0.2) is 0 Å². The molecule has 0 amide bonds. The van der Waals surface area contributed by atoms with Crippen molar-refractivity contribution < 1.29 is 13.9 Å². The van der Waals surface area contributed by atoms with E-state index in [1.54, 1.807) is 24.3 Å². The van der Waals surface area contributed by atoms with E-state index in [0.29, 0.717) is 12.0 Å². The summed E-state index contributed by atoms with van der Waals surface area (Å²) in [6.45, 7) is 0. The van der Waals surface area contributed by atoms with E-state index in [4.69, 9.17) is 0 Å². The van der Waals surface area contributed by atoms with Crippen LogP contribution < -0.4 is 0 Å². The van der Waals surface area contributed by atoms with Crippen LogP contribution in [0.5, 0.6) is 0 Å². The Hall–Kier alpha value is -2.16. The Labute approximate surface area is 105 Å². The molecule has 0 spiro atoms. The fourth-order valence-corrected chi connectivity index (χ4v) is 1.76. The van der Waals surface area contributed by atoms with Gasteiger partial charge in [0.25, 0.3) is 0 Å². The van der Waals surface area contributed by atoms with E-state index >= 15 is 0 Å². The number of methoxy groups -OCH3 is 1. The summed E-state index contributed by atoms with van der Waals surface area (Å²) in [6.07, 6.45) is 0.658. The highest BCUT2D eigenvalue weighted by Crippen LogP contribution is 2.12. The highest BCUT2D eigenvalue weighted by molar-refractivity contribution is 5.89. The molecular weight excluding hydrogens is 231 g/mol. The highest BCUT2D eigenvalue weighted by Gasteiger charge is 2.05. The smallest absolute Gasteiger partial charge is 0.337 e. The lowest BCUT2D eigenvalue weighted by molar-refractivity contribution is 0.0600.